The summed E-state index contributed by atoms with van der Waals surface area (Å²) in [5.74, 6) is -0.0439. The summed E-state index contributed by atoms with van der Waals surface area (Å²) in [4.78, 5) is 16.4. The molecular formula is C16H11NO. The van der Waals surface area contributed by atoms with Crippen LogP contribution in [0, 0.1) is 0 Å². The largest absolute Gasteiger partial charge is 0.288 e. The molecule has 0 unspecified atom stereocenters. The Morgan fingerprint density at radius 1 is 0.778 bits per heavy atom. The van der Waals surface area contributed by atoms with E-state index in [4.69, 9.17) is 0 Å². The van der Waals surface area contributed by atoms with Gasteiger partial charge in [0.15, 0.2) is 0 Å². The van der Waals surface area contributed by atoms with Crippen LogP contribution in [0.3, 0.4) is 0 Å². The number of carbonyl (C=O) groups excluding carboxylic acids is 1. The van der Waals surface area contributed by atoms with Crippen LogP contribution in [-0.2, 0) is 4.79 Å². The topological polar surface area (TPSA) is 29.4 Å². The fourth-order valence-corrected chi connectivity index (χ4v) is 1.98. The molecule has 86 valence electrons. The number of nitrogens with zero attached hydrogens (tertiary/aromatic N) is 1. The molecule has 0 heterocycles. The average molecular weight is 233 g/mol. The van der Waals surface area contributed by atoms with Crippen molar-refractivity contribution >= 4 is 23.3 Å². The first kappa shape index (κ1) is 10.7. The smallest absolute Gasteiger partial charge is 0.204 e. The maximum Gasteiger partial charge on any atom is 0.204 e. The minimum atomic E-state index is -0.0439. The molecule has 2 aromatic rings. The van der Waals surface area contributed by atoms with Crippen molar-refractivity contribution in [2.24, 2.45) is 4.99 Å². The van der Waals surface area contributed by atoms with Crippen molar-refractivity contribution in [3.63, 3.8) is 0 Å². The predicted octanol–water partition coefficient (Wildman–Crippen LogP) is 3.40. The summed E-state index contributed by atoms with van der Waals surface area (Å²) in [5, 5.41) is 0. The highest BCUT2D eigenvalue weighted by molar-refractivity contribution is 6.52. The summed E-state index contributed by atoms with van der Waals surface area (Å²) >= 11 is 0. The Hall–Kier alpha value is -2.48. The number of hydrogen-bond acceptors (Lipinski definition) is 2. The van der Waals surface area contributed by atoms with Gasteiger partial charge in [0.05, 0.1) is 5.69 Å². The lowest BCUT2D eigenvalue weighted by atomic mass is 9.94. The van der Waals surface area contributed by atoms with Crippen molar-refractivity contribution in [3.05, 3.63) is 71.8 Å². The molecule has 2 heteroatoms. The third-order valence-electron chi connectivity index (χ3n) is 2.86. The van der Waals surface area contributed by atoms with Crippen LogP contribution < -0.4 is 0 Å². The molecule has 3 rings (SSSR count). The van der Waals surface area contributed by atoms with Crippen molar-refractivity contribution < 1.29 is 4.79 Å². The Morgan fingerprint density at radius 3 is 2.33 bits per heavy atom. The first-order valence-electron chi connectivity index (χ1n) is 5.80. The highest BCUT2D eigenvalue weighted by Crippen LogP contribution is 2.21. The molecule has 0 saturated heterocycles. The second-order valence-electron chi connectivity index (χ2n) is 4.08. The zero-order chi connectivity index (χ0) is 12.4. The molecule has 0 fully saturated rings. The molecule has 0 radical (unpaired) electrons. The number of fused-ring (bicyclic) bond motifs is 1. The molecule has 0 N–H and O–H groups in total. The number of carbonyl (C=O) groups is 1. The van der Waals surface area contributed by atoms with E-state index in [0.29, 0.717) is 5.71 Å². The zero-order valence-electron chi connectivity index (χ0n) is 9.71. The highest BCUT2D eigenvalue weighted by atomic mass is 16.1. The fraction of sp³-hybridized carbons (Fsp3) is 0. The van der Waals surface area contributed by atoms with Crippen LogP contribution in [0.2, 0.25) is 0 Å². The molecule has 0 bridgehead atoms. The molecule has 0 aliphatic heterocycles. The number of benzene rings is 2. The Bertz CT molecular complexity index is 654. The van der Waals surface area contributed by atoms with Gasteiger partial charge in [0.2, 0.25) is 5.78 Å². The summed E-state index contributed by atoms with van der Waals surface area (Å²) in [6.07, 6.45) is 3.41. The summed E-state index contributed by atoms with van der Waals surface area (Å²) < 4.78 is 0. The van der Waals surface area contributed by atoms with Crippen molar-refractivity contribution in [2.45, 2.75) is 0 Å². The first-order chi connectivity index (χ1) is 8.84. The number of para-hydroxylation sites is 1. The Balaban J connectivity index is 2.14. The number of ketones is 1. The molecule has 0 atom stereocenters. The number of hydrogen-bond donors (Lipinski definition) is 0. The lowest BCUT2D eigenvalue weighted by Gasteiger charge is -2.11. The predicted molar refractivity (Wildman–Crippen MR) is 73.1 cm³/mol. The van der Waals surface area contributed by atoms with Gasteiger partial charge >= 0.3 is 0 Å². The van der Waals surface area contributed by atoms with E-state index >= 15 is 0 Å². The standard InChI is InChI=1S/C16H11NO/c18-15-11-10-12-6-4-5-9-14(12)16(15)17-13-7-2-1-3-8-13/h1-11H. The molecule has 18 heavy (non-hydrogen) atoms. The molecule has 0 amide bonds. The fourth-order valence-electron chi connectivity index (χ4n) is 1.98. The molecule has 0 aromatic heterocycles. The number of allylic oxidation sites excluding steroid dienone is 1. The van der Waals surface area contributed by atoms with E-state index in [9.17, 15) is 4.79 Å². The molecule has 1 aliphatic rings. The van der Waals surface area contributed by atoms with E-state index in [1.54, 1.807) is 6.08 Å². The van der Waals surface area contributed by atoms with Gasteiger partial charge in [-0.05, 0) is 23.8 Å². The Morgan fingerprint density at radius 2 is 1.50 bits per heavy atom. The second-order valence-corrected chi connectivity index (χ2v) is 4.08. The van der Waals surface area contributed by atoms with Crippen LogP contribution >= 0.6 is 0 Å². The van der Waals surface area contributed by atoms with Crippen LogP contribution in [0.25, 0.3) is 6.08 Å². The van der Waals surface area contributed by atoms with Gasteiger partial charge in [0.1, 0.15) is 5.71 Å². The van der Waals surface area contributed by atoms with Crippen molar-refractivity contribution in [1.29, 1.82) is 0 Å². The van der Waals surface area contributed by atoms with Crippen LogP contribution in [-0.4, -0.2) is 11.5 Å². The first-order valence-corrected chi connectivity index (χ1v) is 5.80. The van der Waals surface area contributed by atoms with Crippen LogP contribution in [0.15, 0.2) is 65.7 Å². The summed E-state index contributed by atoms with van der Waals surface area (Å²) in [7, 11) is 0. The molecule has 2 aromatic carbocycles. The van der Waals surface area contributed by atoms with Gasteiger partial charge in [-0.15, -0.1) is 0 Å². The van der Waals surface area contributed by atoms with Crippen LogP contribution in [0.4, 0.5) is 5.69 Å². The lowest BCUT2D eigenvalue weighted by Crippen LogP contribution is -2.17. The van der Waals surface area contributed by atoms with E-state index in [1.165, 1.54) is 0 Å². The maximum atomic E-state index is 11.9. The molecular weight excluding hydrogens is 222 g/mol. The quantitative estimate of drug-likeness (QED) is 0.742. The van der Waals surface area contributed by atoms with Crippen LogP contribution in [0.5, 0.6) is 0 Å². The van der Waals surface area contributed by atoms with Gasteiger partial charge in [-0.2, -0.15) is 0 Å². The van der Waals surface area contributed by atoms with E-state index in [0.717, 1.165) is 16.8 Å². The monoisotopic (exact) mass is 233 g/mol. The van der Waals surface area contributed by atoms with E-state index in [-0.39, 0.29) is 5.78 Å². The summed E-state index contributed by atoms with van der Waals surface area (Å²) in [6.45, 7) is 0. The van der Waals surface area contributed by atoms with Crippen molar-refractivity contribution in [3.8, 4) is 0 Å². The highest BCUT2D eigenvalue weighted by Gasteiger charge is 2.18. The van der Waals surface area contributed by atoms with E-state index < -0.39 is 0 Å². The SMILES string of the molecule is O=C1C=Cc2ccccc2C1=Nc1ccccc1. The van der Waals surface area contributed by atoms with Gasteiger partial charge in [0.25, 0.3) is 0 Å². The number of aliphatic imine (C=N–C) groups is 1. The normalized spacial score (nSPS) is 15.8. The van der Waals surface area contributed by atoms with Crippen molar-refractivity contribution in [2.75, 3.05) is 0 Å². The average Bonchev–Trinajstić information content (AvgIpc) is 2.43. The minimum Gasteiger partial charge on any atom is -0.288 e. The van der Waals surface area contributed by atoms with E-state index in [1.807, 2.05) is 60.7 Å². The third-order valence-corrected chi connectivity index (χ3v) is 2.86. The van der Waals surface area contributed by atoms with Crippen molar-refractivity contribution in [1.82, 2.24) is 0 Å². The molecule has 0 saturated carbocycles. The minimum absolute atomic E-state index is 0.0439. The second kappa shape index (κ2) is 4.41. The van der Waals surface area contributed by atoms with E-state index in [2.05, 4.69) is 4.99 Å². The van der Waals surface area contributed by atoms with Gasteiger partial charge in [-0.3, -0.25) is 4.79 Å². The third kappa shape index (κ3) is 1.89. The van der Waals surface area contributed by atoms with Gasteiger partial charge < -0.3 is 0 Å². The lowest BCUT2D eigenvalue weighted by molar-refractivity contribution is -0.108. The summed E-state index contributed by atoms with van der Waals surface area (Å²) in [6, 6.07) is 17.3. The van der Waals surface area contributed by atoms with Gasteiger partial charge in [0, 0.05) is 5.56 Å². The van der Waals surface area contributed by atoms with Gasteiger partial charge in [-0.25, -0.2) is 4.99 Å². The van der Waals surface area contributed by atoms with Crippen LogP contribution in [0.1, 0.15) is 11.1 Å². The summed E-state index contributed by atoms with van der Waals surface area (Å²) in [5.41, 5.74) is 3.24. The Kier molecular flexibility index (Phi) is 2.61. The molecule has 2 nitrogen and oxygen atoms in total. The molecule has 1 aliphatic carbocycles. The number of rotatable bonds is 1. The maximum absolute atomic E-state index is 11.9. The Labute approximate surface area is 105 Å². The zero-order valence-corrected chi connectivity index (χ0v) is 9.71. The van der Waals surface area contributed by atoms with Gasteiger partial charge in [-0.1, -0.05) is 48.5 Å². The molecule has 0 spiro atoms.